The second kappa shape index (κ2) is 12.7. The molecule has 6 rings (SSSR count). The van der Waals surface area contributed by atoms with Crippen LogP contribution in [0.5, 0.6) is 5.75 Å². The number of carbonyl (C=O) groups is 1. The quantitative estimate of drug-likeness (QED) is 0.189. The van der Waals surface area contributed by atoms with Crippen molar-refractivity contribution in [2.45, 2.75) is 103 Å². The summed E-state index contributed by atoms with van der Waals surface area (Å²) in [6.45, 7) is 6.58. The highest BCUT2D eigenvalue weighted by molar-refractivity contribution is 7.22. The Labute approximate surface area is 276 Å². The third-order valence-corrected chi connectivity index (χ3v) is 11.5. The lowest BCUT2D eigenvalue weighted by atomic mass is 9.92. The molecule has 12 heteroatoms. The molecule has 2 fully saturated rings. The largest absolute Gasteiger partial charge is 0.496 e. The van der Waals surface area contributed by atoms with Gasteiger partial charge in [0.15, 0.2) is 0 Å². The second-order valence-corrected chi connectivity index (χ2v) is 14.7. The Morgan fingerprint density at radius 2 is 1.91 bits per heavy atom. The third-order valence-electron chi connectivity index (χ3n) is 10.2. The van der Waals surface area contributed by atoms with Crippen molar-refractivity contribution in [3.8, 4) is 16.5 Å². The van der Waals surface area contributed by atoms with E-state index in [-0.39, 0.29) is 18.0 Å². The predicted molar refractivity (Wildman–Crippen MR) is 178 cm³/mol. The van der Waals surface area contributed by atoms with Crippen LogP contribution < -0.4 is 16.0 Å². The number of carboxylic acid groups (broad SMARTS) is 1. The van der Waals surface area contributed by atoms with Gasteiger partial charge < -0.3 is 24.1 Å². The van der Waals surface area contributed by atoms with E-state index in [9.17, 15) is 24.6 Å². The van der Waals surface area contributed by atoms with E-state index >= 15 is 0 Å². The van der Waals surface area contributed by atoms with E-state index in [4.69, 9.17) is 13.9 Å². The molecular weight excluding hydrogens is 622 g/mol. The van der Waals surface area contributed by atoms with Gasteiger partial charge in [-0.15, -0.1) is 11.3 Å². The van der Waals surface area contributed by atoms with E-state index in [0.717, 1.165) is 55.1 Å². The third kappa shape index (κ3) is 5.95. The molecule has 0 radical (unpaired) electrons. The number of methoxy groups -OCH3 is 1. The highest BCUT2D eigenvalue weighted by Crippen LogP contribution is 2.52. The number of aryl methyl sites for hydroxylation is 1. The van der Waals surface area contributed by atoms with Crippen molar-refractivity contribution in [2.24, 2.45) is 11.8 Å². The monoisotopic (exact) mass is 665 g/mol. The fourth-order valence-corrected chi connectivity index (χ4v) is 8.96. The standard InChI is InChI=1S/C35H43N3O8S/c1-6-7-12-35(43)17-21-15-23(16-22(21)18-35)46-26(24-10-8-9-11-25(24)44-5)19-37-31-27(20(2)28(47-31)29-36-13-14-45-29)30(39)38(33(37)42)34(3,4)32(40)41/h8-11,13-14,21-23,26,43H,6-7,12,15-19H2,1-5H3,(H,40,41)/t21-,22+,23?,26?,35?. The highest BCUT2D eigenvalue weighted by Gasteiger charge is 2.49. The summed E-state index contributed by atoms with van der Waals surface area (Å²) in [7, 11) is 1.58. The van der Waals surface area contributed by atoms with Crippen molar-refractivity contribution in [3.05, 3.63) is 68.7 Å². The van der Waals surface area contributed by atoms with Crippen molar-refractivity contribution in [1.29, 1.82) is 0 Å². The van der Waals surface area contributed by atoms with Gasteiger partial charge in [0.2, 0.25) is 5.89 Å². The lowest BCUT2D eigenvalue weighted by molar-refractivity contribution is -0.146. The number of thiophene rings is 1. The number of fused-ring (bicyclic) bond motifs is 2. The van der Waals surface area contributed by atoms with E-state index in [2.05, 4.69) is 11.9 Å². The molecule has 3 heterocycles. The van der Waals surface area contributed by atoms with Crippen LogP contribution in [0.15, 0.2) is 50.7 Å². The Kier molecular flexibility index (Phi) is 8.96. The molecule has 11 nitrogen and oxygen atoms in total. The first kappa shape index (κ1) is 33.2. The van der Waals surface area contributed by atoms with Crippen LogP contribution in [0, 0.1) is 18.8 Å². The summed E-state index contributed by atoms with van der Waals surface area (Å²) in [6, 6.07) is 7.49. The van der Waals surface area contributed by atoms with Crippen LogP contribution in [0.1, 0.15) is 82.9 Å². The van der Waals surface area contributed by atoms with E-state index < -0.39 is 34.5 Å². The lowest BCUT2D eigenvalue weighted by Gasteiger charge is -2.28. The number of aliphatic carboxylic acids is 1. The number of aliphatic hydroxyl groups is 1. The minimum absolute atomic E-state index is 0.00291. The average molecular weight is 666 g/mol. The minimum Gasteiger partial charge on any atom is -0.496 e. The molecule has 0 bridgehead atoms. The molecule has 5 atom stereocenters. The number of hydrogen-bond donors (Lipinski definition) is 2. The van der Waals surface area contributed by atoms with Crippen LogP contribution in [0.3, 0.4) is 0 Å². The van der Waals surface area contributed by atoms with Crippen LogP contribution in [0.2, 0.25) is 0 Å². The average Bonchev–Trinajstić information content (AvgIpc) is 3.81. The van der Waals surface area contributed by atoms with E-state index in [0.29, 0.717) is 38.7 Å². The molecule has 0 amide bonds. The number of unbranched alkanes of at least 4 members (excludes halogenated alkanes) is 1. The zero-order chi connectivity index (χ0) is 33.7. The number of para-hydroxylation sites is 1. The van der Waals surface area contributed by atoms with Crippen molar-refractivity contribution in [2.75, 3.05) is 7.11 Å². The van der Waals surface area contributed by atoms with E-state index in [1.54, 1.807) is 14.0 Å². The molecule has 2 N–H and O–H groups in total. The summed E-state index contributed by atoms with van der Waals surface area (Å²) < 4.78 is 20.5. The first-order chi connectivity index (χ1) is 22.4. The Morgan fingerprint density at radius 3 is 2.53 bits per heavy atom. The number of aromatic nitrogens is 3. The predicted octanol–water partition coefficient (Wildman–Crippen LogP) is 5.88. The van der Waals surface area contributed by atoms with Crippen LogP contribution in [-0.4, -0.2) is 49.1 Å². The SMILES string of the molecule is CCCCC1(O)C[C@H]2CC(OC(Cn3c(=O)n(C(C)(C)C(=O)O)c(=O)c4c(C)c(-c5ncco5)sc43)c3ccccc3OC)C[C@H]2C1. The molecule has 3 aromatic heterocycles. The fourth-order valence-electron chi connectivity index (χ4n) is 7.72. The zero-order valence-corrected chi connectivity index (χ0v) is 28.3. The van der Waals surface area contributed by atoms with Crippen LogP contribution in [-0.2, 0) is 21.6 Å². The van der Waals surface area contributed by atoms with Crippen molar-refractivity contribution in [1.82, 2.24) is 14.1 Å². The molecule has 3 unspecified atom stereocenters. The first-order valence-electron chi connectivity index (χ1n) is 16.3. The second-order valence-electron chi connectivity index (χ2n) is 13.7. The summed E-state index contributed by atoms with van der Waals surface area (Å²) in [5.74, 6) is 0.306. The Morgan fingerprint density at radius 1 is 1.21 bits per heavy atom. The maximum Gasteiger partial charge on any atom is 0.333 e. The Bertz CT molecular complexity index is 1870. The topological polar surface area (TPSA) is 146 Å². The zero-order valence-electron chi connectivity index (χ0n) is 27.5. The van der Waals surface area contributed by atoms with Gasteiger partial charge >= 0.3 is 11.7 Å². The van der Waals surface area contributed by atoms with Gasteiger partial charge in [-0.25, -0.2) is 19.1 Å². The van der Waals surface area contributed by atoms with E-state index in [1.807, 2.05) is 24.3 Å². The van der Waals surface area contributed by atoms with Gasteiger partial charge in [-0.05, 0) is 76.3 Å². The molecule has 47 heavy (non-hydrogen) atoms. The molecule has 0 aliphatic heterocycles. The number of rotatable bonds is 12. The summed E-state index contributed by atoms with van der Waals surface area (Å²) in [6.07, 6.45) is 8.18. The number of ether oxygens (including phenoxy) is 2. The molecule has 2 aliphatic rings. The number of oxazole rings is 1. The van der Waals surface area contributed by atoms with Gasteiger partial charge in [-0.2, -0.15) is 0 Å². The highest BCUT2D eigenvalue weighted by atomic mass is 32.1. The Balaban J connectivity index is 1.45. The lowest BCUT2D eigenvalue weighted by Crippen LogP contribution is -2.52. The van der Waals surface area contributed by atoms with E-state index in [1.165, 1.54) is 42.2 Å². The molecule has 0 spiro atoms. The molecule has 4 aromatic rings. The smallest absolute Gasteiger partial charge is 0.333 e. The van der Waals surface area contributed by atoms with Crippen LogP contribution in [0.4, 0.5) is 0 Å². The number of benzene rings is 1. The summed E-state index contributed by atoms with van der Waals surface area (Å²) in [4.78, 5) is 46.0. The summed E-state index contributed by atoms with van der Waals surface area (Å²) >= 11 is 1.21. The van der Waals surface area contributed by atoms with Gasteiger partial charge in [-0.1, -0.05) is 38.0 Å². The van der Waals surface area contributed by atoms with Gasteiger partial charge in [0.25, 0.3) is 5.56 Å². The normalized spacial score (nSPS) is 23.3. The molecular formula is C35H43N3O8S. The number of carboxylic acids is 1. The molecule has 1 aromatic carbocycles. The van der Waals surface area contributed by atoms with Gasteiger partial charge in [0.1, 0.15) is 28.5 Å². The number of nitrogens with zero attached hydrogens (tertiary/aromatic N) is 3. The minimum atomic E-state index is -1.83. The van der Waals surface area contributed by atoms with Crippen molar-refractivity contribution >= 4 is 27.5 Å². The summed E-state index contributed by atoms with van der Waals surface area (Å²) in [5, 5.41) is 21.6. The molecule has 2 saturated carbocycles. The molecule has 2 aliphatic carbocycles. The maximum absolute atomic E-state index is 14.4. The molecule has 252 valence electrons. The van der Waals surface area contributed by atoms with Gasteiger partial charge in [-0.3, -0.25) is 9.36 Å². The van der Waals surface area contributed by atoms with Gasteiger partial charge in [0, 0.05) is 5.56 Å². The first-order valence-corrected chi connectivity index (χ1v) is 17.1. The maximum atomic E-state index is 14.4. The molecule has 0 saturated heterocycles. The van der Waals surface area contributed by atoms with Crippen molar-refractivity contribution < 1.29 is 28.9 Å². The van der Waals surface area contributed by atoms with Crippen LogP contribution >= 0.6 is 11.3 Å². The fraction of sp³-hybridized carbons (Fsp3) is 0.543. The van der Waals surface area contributed by atoms with Crippen LogP contribution in [0.25, 0.3) is 21.0 Å². The number of hydrogen-bond acceptors (Lipinski definition) is 9. The van der Waals surface area contributed by atoms with Gasteiger partial charge in [0.05, 0.1) is 41.8 Å². The van der Waals surface area contributed by atoms with Crippen molar-refractivity contribution in [3.63, 3.8) is 0 Å². The summed E-state index contributed by atoms with van der Waals surface area (Å²) in [5.41, 5.74) is -2.59. The Hall–Kier alpha value is -3.74.